The van der Waals surface area contributed by atoms with Gasteiger partial charge in [-0.15, -0.1) is 69.1 Å². The molecular formula is C60H72Cl2SiZr-2. The van der Waals surface area contributed by atoms with Crippen LogP contribution in [0.1, 0.15) is 163 Å². The molecule has 6 fully saturated rings. The molecule has 0 amide bonds. The average Bonchev–Trinajstić information content (AvgIpc) is 4.18. The Bertz CT molecular complexity index is 2270. The maximum Gasteiger partial charge on any atom is -0.0162 e. The van der Waals surface area contributed by atoms with Crippen molar-refractivity contribution in [2.75, 3.05) is 0 Å². The van der Waals surface area contributed by atoms with E-state index in [0.717, 1.165) is 23.7 Å². The third-order valence-electron chi connectivity index (χ3n) is 17.2. The van der Waals surface area contributed by atoms with Crippen molar-refractivity contribution in [2.24, 2.45) is 22.7 Å². The summed E-state index contributed by atoms with van der Waals surface area (Å²) in [6, 6.07) is 42.9. The van der Waals surface area contributed by atoms with Crippen molar-refractivity contribution in [3.8, 4) is 22.3 Å². The van der Waals surface area contributed by atoms with Gasteiger partial charge in [0.05, 0.1) is 0 Å². The van der Waals surface area contributed by atoms with Gasteiger partial charge < -0.3 is 24.8 Å². The summed E-state index contributed by atoms with van der Waals surface area (Å²) in [5, 5.41) is 5.77. The Morgan fingerprint density at radius 2 is 0.859 bits per heavy atom. The molecule has 0 unspecified atom stereocenters. The van der Waals surface area contributed by atoms with Crippen LogP contribution in [-0.2, 0) is 36.2 Å². The first-order valence-electron chi connectivity index (χ1n) is 25.4. The Morgan fingerprint density at radius 1 is 0.500 bits per heavy atom. The molecule has 0 heterocycles. The van der Waals surface area contributed by atoms with E-state index in [0.29, 0.717) is 10.8 Å². The molecular weight excluding hydrogens is 911 g/mol. The Kier molecular flexibility index (Phi) is 16.1. The number of rotatable bonds is 8. The molecule has 6 saturated carbocycles. The maximum absolute atomic E-state index is 2.51. The van der Waals surface area contributed by atoms with E-state index in [1.807, 2.05) is 0 Å². The van der Waals surface area contributed by atoms with Crippen molar-refractivity contribution in [1.82, 2.24) is 0 Å². The molecule has 0 radical (unpaired) electrons. The molecule has 0 N–H and O–H groups in total. The van der Waals surface area contributed by atoms with Gasteiger partial charge in [-0.05, 0) is 159 Å². The minimum absolute atomic E-state index is 0. The van der Waals surface area contributed by atoms with Crippen molar-refractivity contribution >= 4 is 27.0 Å². The fourth-order valence-electron chi connectivity index (χ4n) is 14.0. The molecule has 6 aliphatic carbocycles. The van der Waals surface area contributed by atoms with Crippen LogP contribution in [-0.4, -0.2) is 5.43 Å². The average molecular weight is 983 g/mol. The minimum atomic E-state index is 0. The van der Waals surface area contributed by atoms with Crippen LogP contribution in [0, 0.1) is 22.7 Å². The Balaban J connectivity index is 0.000000157. The van der Waals surface area contributed by atoms with Crippen LogP contribution in [0.25, 0.3) is 43.8 Å². The van der Waals surface area contributed by atoms with Crippen LogP contribution in [0.15, 0.2) is 109 Å². The molecule has 12 rings (SSSR count). The monoisotopic (exact) mass is 980 g/mol. The third-order valence-corrected chi connectivity index (χ3v) is 17.2. The molecule has 0 saturated heterocycles. The smallest absolute Gasteiger partial charge is 0.0162 e. The van der Waals surface area contributed by atoms with Gasteiger partial charge in [0.15, 0.2) is 0 Å². The van der Waals surface area contributed by atoms with Gasteiger partial charge in [-0.3, -0.25) is 0 Å². The molecule has 0 atom stereocenters. The first kappa shape index (κ1) is 48.2. The van der Waals surface area contributed by atoms with Gasteiger partial charge in [0, 0.05) is 0 Å². The minimum Gasteiger partial charge on any atom is -1.00 e. The molecule has 336 valence electrons. The Hall–Kier alpha value is -2.22. The molecule has 4 bridgehead atoms. The van der Waals surface area contributed by atoms with Crippen molar-refractivity contribution in [3.05, 3.63) is 131 Å². The Morgan fingerprint density at radius 3 is 1.19 bits per heavy atom. The van der Waals surface area contributed by atoms with Crippen LogP contribution in [0.4, 0.5) is 0 Å². The van der Waals surface area contributed by atoms with Crippen LogP contribution < -0.4 is 24.8 Å². The van der Waals surface area contributed by atoms with Crippen LogP contribution in [0.2, 0.25) is 13.1 Å². The van der Waals surface area contributed by atoms with E-state index in [-0.39, 0.29) is 30.2 Å². The van der Waals surface area contributed by atoms with Crippen molar-refractivity contribution < 1.29 is 48.1 Å². The largest absolute Gasteiger partial charge is 1.00 e. The summed E-state index contributed by atoms with van der Waals surface area (Å²) in [5.74, 6) is 3.66. The molecule has 6 aromatic carbocycles. The van der Waals surface area contributed by atoms with Gasteiger partial charge in [-0.2, -0.15) is 12.1 Å². The number of hydrogen-bond donors (Lipinski definition) is 0. The number of halogens is 2. The molecule has 64 heavy (non-hydrogen) atoms. The molecule has 6 aromatic rings. The fraction of sp³-hybridized carbons (Fsp3) is 0.500. The molecule has 0 spiro atoms. The van der Waals surface area contributed by atoms with E-state index in [1.54, 1.807) is 45.6 Å². The zero-order valence-electron chi connectivity index (χ0n) is 39.0. The van der Waals surface area contributed by atoms with Gasteiger partial charge in [0.1, 0.15) is 0 Å². The van der Waals surface area contributed by atoms with E-state index in [4.69, 9.17) is 0 Å². The summed E-state index contributed by atoms with van der Waals surface area (Å²) in [4.78, 5) is 0. The second-order valence-electron chi connectivity index (χ2n) is 21.9. The van der Waals surface area contributed by atoms with Gasteiger partial charge in [0.25, 0.3) is 0 Å². The van der Waals surface area contributed by atoms with Gasteiger partial charge >= 0.3 is 41.9 Å². The van der Waals surface area contributed by atoms with Crippen LogP contribution in [0.3, 0.4) is 0 Å². The molecule has 0 aromatic heterocycles. The summed E-state index contributed by atoms with van der Waals surface area (Å²) < 4.78 is 0. The number of hydrogen-bond acceptors (Lipinski definition) is 0. The standard InChI is InChI=1S/2C29H33.C2H6Si.2ClH.Zr/c2*1-2-5-23(6-3-1)24-9-11-25(12-10-24)27-8-4-7-26-17-22(18-28(26)27)20-29-15-13-21(19-29)14-16-29;1-3-2;;;/h2*4,7-12,17-18,21,23H,1-3,5-6,13-16,19-20H2;1-2H3;2*1H;/q2*-1;;;;+2/p-2. The van der Waals surface area contributed by atoms with Crippen molar-refractivity contribution in [3.63, 3.8) is 0 Å². The van der Waals surface area contributed by atoms with Crippen LogP contribution in [0.5, 0.6) is 0 Å². The predicted octanol–water partition coefficient (Wildman–Crippen LogP) is 11.6. The second kappa shape index (κ2) is 21.4. The van der Waals surface area contributed by atoms with E-state index < -0.39 is 0 Å². The number of benzene rings is 4. The molecule has 0 aliphatic heterocycles. The van der Waals surface area contributed by atoms with E-state index in [1.165, 1.54) is 185 Å². The quantitative estimate of drug-likeness (QED) is 0.105. The third kappa shape index (κ3) is 10.9. The second-order valence-corrected chi connectivity index (χ2v) is 31.3. The SMILES string of the molecule is C[Si](C)=[Zr+2].[Cl-].[Cl-].c1cc(-c2ccc(C3CCCCC3)cc2)c2cc(CC34CCC(CC3)C4)[cH-]c2c1.c1cc(-c2ccc(C3CCCCC3)cc2)c2cc(CC34CCC(CC3)C4)[cH-]c2c1. The van der Waals surface area contributed by atoms with E-state index in [2.05, 4.69) is 122 Å². The van der Waals surface area contributed by atoms with E-state index in [9.17, 15) is 0 Å². The molecule has 6 aliphatic rings. The Labute approximate surface area is 414 Å². The summed E-state index contributed by atoms with van der Waals surface area (Å²) in [6.45, 7) is 4.62. The maximum atomic E-state index is 2.51. The number of fused-ring (bicyclic) bond motifs is 6. The topological polar surface area (TPSA) is 0 Å². The predicted molar refractivity (Wildman–Crippen MR) is 265 cm³/mol. The first-order valence-corrected chi connectivity index (χ1v) is 31.6. The summed E-state index contributed by atoms with van der Waals surface area (Å²) in [6.07, 6.45) is 31.4. The van der Waals surface area contributed by atoms with Gasteiger partial charge in [-0.1, -0.05) is 110 Å². The zero-order chi connectivity index (χ0) is 42.1. The van der Waals surface area contributed by atoms with Gasteiger partial charge in [-0.25, -0.2) is 0 Å². The first-order chi connectivity index (χ1) is 30.3. The zero-order valence-corrected chi connectivity index (χ0v) is 44.0. The summed E-state index contributed by atoms with van der Waals surface area (Å²) >= 11 is 1.74. The van der Waals surface area contributed by atoms with Gasteiger partial charge in [0.2, 0.25) is 0 Å². The van der Waals surface area contributed by atoms with Crippen LogP contribution >= 0.6 is 0 Å². The summed E-state index contributed by atoms with van der Waals surface area (Å²) in [7, 11) is 0. The summed E-state index contributed by atoms with van der Waals surface area (Å²) in [5.41, 5.74) is 13.3. The normalized spacial score (nSPS) is 25.0. The fourth-order valence-corrected chi connectivity index (χ4v) is 14.0. The van der Waals surface area contributed by atoms with E-state index >= 15 is 0 Å². The molecule has 4 heteroatoms. The molecule has 0 nitrogen and oxygen atoms in total. The van der Waals surface area contributed by atoms with Crippen molar-refractivity contribution in [2.45, 2.75) is 166 Å². The van der Waals surface area contributed by atoms with Crippen molar-refractivity contribution in [1.29, 1.82) is 0 Å².